The summed E-state index contributed by atoms with van der Waals surface area (Å²) < 4.78 is 5.51. The third-order valence-electron chi connectivity index (χ3n) is 11.3. The van der Waals surface area contributed by atoms with Crippen LogP contribution in [0.1, 0.15) is 139 Å². The number of nitrogens with one attached hydrogen (secondary N) is 3. The maximum Gasteiger partial charge on any atom is 0.306 e. The van der Waals surface area contributed by atoms with Gasteiger partial charge in [-0.25, -0.2) is 15.2 Å². The van der Waals surface area contributed by atoms with Gasteiger partial charge in [-0.15, -0.1) is 0 Å². The molecule has 0 aliphatic carbocycles. The van der Waals surface area contributed by atoms with Gasteiger partial charge in [-0.2, -0.15) is 0 Å². The van der Waals surface area contributed by atoms with Gasteiger partial charge < -0.3 is 25.8 Å². The maximum absolute atomic E-state index is 12.7. The summed E-state index contributed by atoms with van der Waals surface area (Å²) in [6, 6.07) is 5.92. The van der Waals surface area contributed by atoms with Gasteiger partial charge in [0, 0.05) is 102 Å². The molecule has 0 aromatic heterocycles. The van der Waals surface area contributed by atoms with Crippen molar-refractivity contribution >= 4 is 64.8 Å². The minimum atomic E-state index is -1.17. The number of benzene rings is 1. The van der Waals surface area contributed by atoms with Crippen LogP contribution in [0.5, 0.6) is 5.75 Å². The zero-order valence-corrected chi connectivity index (χ0v) is 40.6. The molecule has 0 saturated heterocycles. The Bertz CT molecular complexity index is 1980. The Morgan fingerprint density at radius 1 is 0.620 bits per heavy atom. The summed E-state index contributed by atoms with van der Waals surface area (Å²) >= 11 is 0. The molecule has 0 bridgehead atoms. The Morgan fingerprint density at radius 3 is 1.79 bits per heavy atom. The molecule has 0 fully saturated rings. The average Bonchev–Trinajstić information content (AvgIpc) is 3.67. The molecule has 0 saturated carbocycles. The van der Waals surface area contributed by atoms with E-state index < -0.39 is 65.6 Å². The van der Waals surface area contributed by atoms with Crippen molar-refractivity contribution in [1.82, 2.24) is 36.0 Å². The lowest BCUT2D eigenvalue weighted by Gasteiger charge is -2.15. The second-order valence-corrected chi connectivity index (χ2v) is 17.1. The van der Waals surface area contributed by atoms with Crippen molar-refractivity contribution in [3.8, 4) is 5.75 Å². The van der Waals surface area contributed by atoms with E-state index in [-0.39, 0.29) is 101 Å². The first kappa shape index (κ1) is 60.5. The van der Waals surface area contributed by atoms with E-state index in [1.54, 1.807) is 0 Å². The molecule has 1 aliphatic rings. The van der Waals surface area contributed by atoms with Gasteiger partial charge in [0.1, 0.15) is 11.5 Å². The highest BCUT2D eigenvalue weighted by Gasteiger charge is 2.25. The number of rotatable bonds is 39. The Morgan fingerprint density at radius 2 is 1.18 bits per heavy atom. The van der Waals surface area contributed by atoms with Crippen LogP contribution < -0.4 is 20.7 Å². The van der Waals surface area contributed by atoms with Crippen molar-refractivity contribution in [2.45, 2.75) is 129 Å². The number of nitrogens with zero attached hydrogens (tertiary/aromatic N) is 4. The second-order valence-electron chi connectivity index (χ2n) is 17.1. The van der Waals surface area contributed by atoms with Crippen LogP contribution in [0.4, 0.5) is 0 Å². The number of amides is 8. The molecule has 1 aromatic rings. The van der Waals surface area contributed by atoms with E-state index in [0.29, 0.717) is 105 Å². The Hall–Kier alpha value is -6.59. The van der Waals surface area contributed by atoms with Crippen molar-refractivity contribution in [2.24, 2.45) is 5.92 Å². The first-order valence-corrected chi connectivity index (χ1v) is 24.2. The monoisotopic (exact) mass is 1000 g/mol. The number of unbranched alkanes of at least 4 members (excludes halogenated alkanes) is 8. The van der Waals surface area contributed by atoms with Crippen LogP contribution in [0, 0.1) is 5.92 Å². The molecule has 23 nitrogen and oxygen atoms in total. The number of carbonyl (C=O) groups excluding carboxylic acids is 10. The molecule has 1 aliphatic heterocycles. The van der Waals surface area contributed by atoms with Gasteiger partial charge >= 0.3 is 5.97 Å². The molecular formula is C48H71N7O16. The van der Waals surface area contributed by atoms with Crippen molar-refractivity contribution in [2.75, 3.05) is 52.4 Å². The molecule has 1 aromatic carbocycles. The van der Waals surface area contributed by atoms with E-state index in [2.05, 4.69) is 16.0 Å². The first-order chi connectivity index (χ1) is 33.9. The molecule has 394 valence electrons. The lowest BCUT2D eigenvalue weighted by Crippen LogP contribution is -2.32. The first-order valence-electron chi connectivity index (χ1n) is 24.2. The summed E-state index contributed by atoms with van der Waals surface area (Å²) in [4.78, 5) is 133. The third kappa shape index (κ3) is 26.8. The van der Waals surface area contributed by atoms with Crippen molar-refractivity contribution < 1.29 is 78.2 Å². The molecule has 0 spiro atoms. The summed E-state index contributed by atoms with van der Waals surface area (Å²) in [6.07, 6.45) is 8.60. The summed E-state index contributed by atoms with van der Waals surface area (Å²) in [7, 11) is 0. The number of carboxylic acids is 1. The summed E-state index contributed by atoms with van der Waals surface area (Å²) in [5, 5.41) is 48.7. The minimum absolute atomic E-state index is 0.0202. The van der Waals surface area contributed by atoms with Gasteiger partial charge in [0.05, 0.1) is 12.5 Å². The number of aliphatic carboxylic acids is 1. The topological polar surface area (TPSA) is 327 Å². The molecule has 7 N–H and O–H groups in total. The number of Topliss-reactive ketones (excluding diaryl/α,β-unsaturated/α-hetero) is 2. The molecule has 8 amide bonds. The molecule has 1 atom stereocenters. The lowest BCUT2D eigenvalue weighted by atomic mass is 9.96. The highest BCUT2D eigenvalue weighted by atomic mass is 16.5. The van der Waals surface area contributed by atoms with E-state index in [4.69, 9.17) is 4.74 Å². The van der Waals surface area contributed by atoms with Crippen LogP contribution in [-0.2, 0) is 47.9 Å². The number of carboxylic acid groups (broad SMARTS) is 1. The fourth-order valence-corrected chi connectivity index (χ4v) is 7.04. The average molecular weight is 1000 g/mol. The maximum atomic E-state index is 12.7. The predicted octanol–water partition coefficient (Wildman–Crippen LogP) is 2.88. The predicted molar refractivity (Wildman–Crippen MR) is 251 cm³/mol. The van der Waals surface area contributed by atoms with E-state index in [9.17, 15) is 73.5 Å². The van der Waals surface area contributed by atoms with Crippen LogP contribution >= 0.6 is 0 Å². The van der Waals surface area contributed by atoms with Crippen LogP contribution in [-0.4, -0.2) is 158 Å². The number of carbonyl (C=O) groups is 11. The number of ether oxygens (including phenoxy) is 1. The number of hydroxylamine groups is 6. The molecule has 2 rings (SSSR count). The number of imide groups is 1. The van der Waals surface area contributed by atoms with Gasteiger partial charge in [-0.3, -0.25) is 73.3 Å². The normalized spacial score (nSPS) is 12.3. The number of hydrogen-bond acceptors (Lipinski definition) is 15. The van der Waals surface area contributed by atoms with E-state index >= 15 is 0 Å². The minimum Gasteiger partial charge on any atom is -0.484 e. The van der Waals surface area contributed by atoms with E-state index in [1.807, 2.05) is 0 Å². The number of hydrogen-bond donors (Lipinski definition) is 7. The van der Waals surface area contributed by atoms with Crippen molar-refractivity contribution in [3.05, 3.63) is 42.0 Å². The Labute approximate surface area is 413 Å². The molecule has 0 radical (unpaired) electrons. The Balaban J connectivity index is 1.48. The largest absolute Gasteiger partial charge is 0.484 e. The van der Waals surface area contributed by atoms with Crippen LogP contribution in [0.2, 0.25) is 0 Å². The SMILES string of the molecule is CC(=O)N(O)CCCCCNC(=O)CCC(=O)N(O)CCCCCCC(=O)CCC(=O)N(O)CCCCCNC(=O)COc1cccc(C(=O)NCC(=O)C[C@@H](CCCCN2C(=O)C=CC2=O)C(=O)O)c1. The second kappa shape index (κ2) is 34.7. The molecule has 0 unspecified atom stereocenters. The van der Waals surface area contributed by atoms with E-state index in [1.165, 1.54) is 43.3 Å². The molecule has 71 heavy (non-hydrogen) atoms. The van der Waals surface area contributed by atoms with Gasteiger partial charge in [0.15, 0.2) is 12.4 Å². The Kier molecular flexibility index (Phi) is 29.6. The quantitative estimate of drug-likeness (QED) is 0.0216. The molecule has 1 heterocycles. The standard InChI is InChI=1S/C48H71N7O16/c1-35(56)53(68)28-11-4-8-25-49-41(59)20-22-46(64)55(70)29-10-3-2-6-17-38(57)19-21-45(63)54(69)30-12-5-9-26-50-42(60)34-71-40-18-14-16-36(32-40)47(65)51-33-39(58)31-37(48(66)67)15-7-13-27-52-43(61)23-24-44(52)62/h14,16,18,23-24,32,37,68-70H,2-13,15,17,19-22,25-31,33-34H2,1H3,(H,49,59)(H,50,60)(H,51,65)(H,66,67)/t37-/m1/s1. The lowest BCUT2D eigenvalue weighted by molar-refractivity contribution is -0.166. The third-order valence-corrected chi connectivity index (χ3v) is 11.3. The van der Waals surface area contributed by atoms with Crippen LogP contribution in [0.15, 0.2) is 36.4 Å². The zero-order chi connectivity index (χ0) is 52.6. The smallest absolute Gasteiger partial charge is 0.306 e. The van der Waals surface area contributed by atoms with Crippen LogP contribution in [0.3, 0.4) is 0 Å². The van der Waals surface area contributed by atoms with Gasteiger partial charge in [0.2, 0.25) is 23.6 Å². The zero-order valence-electron chi connectivity index (χ0n) is 40.6. The molecule has 23 heteroatoms. The number of ketones is 2. The summed E-state index contributed by atoms with van der Waals surface area (Å²) in [6.45, 7) is 1.67. The fourth-order valence-electron chi connectivity index (χ4n) is 7.04. The van der Waals surface area contributed by atoms with Crippen LogP contribution in [0.25, 0.3) is 0 Å². The van der Waals surface area contributed by atoms with E-state index in [0.717, 1.165) is 4.90 Å². The van der Waals surface area contributed by atoms with Gasteiger partial charge in [-0.05, 0) is 82.4 Å². The van der Waals surface area contributed by atoms with Crippen molar-refractivity contribution in [3.63, 3.8) is 0 Å². The van der Waals surface area contributed by atoms with Gasteiger partial charge in [-0.1, -0.05) is 25.3 Å². The summed E-state index contributed by atoms with van der Waals surface area (Å²) in [5.74, 6) is -6.39. The highest BCUT2D eigenvalue weighted by molar-refractivity contribution is 6.12. The fraction of sp³-hybridized carbons (Fsp3) is 0.604. The highest BCUT2D eigenvalue weighted by Crippen LogP contribution is 2.17. The summed E-state index contributed by atoms with van der Waals surface area (Å²) in [5.41, 5.74) is 0.144. The van der Waals surface area contributed by atoms with Gasteiger partial charge in [0.25, 0.3) is 23.6 Å². The molecular weight excluding hydrogens is 931 g/mol. The van der Waals surface area contributed by atoms with Crippen molar-refractivity contribution in [1.29, 1.82) is 0 Å².